The maximum absolute atomic E-state index is 12.1. The SMILES string of the molecule is NS(=O)(=O)c1c(Cl)ccc(NC(=O)Nc2cccc3c2OCO3)c1O.O=C(O)c1cccc2c1OCO2. The average Bonchev–Trinajstić information content (AvgIpc) is 3.50. The molecule has 2 amide bonds. The molecule has 2 aliphatic heterocycles. The molecule has 0 spiro atoms. The number of nitrogens with two attached hydrogens (primary N) is 1. The molecule has 194 valence electrons. The molecule has 37 heavy (non-hydrogen) atoms. The molecule has 0 atom stereocenters. The average molecular weight is 552 g/mol. The van der Waals surface area contributed by atoms with Crippen LogP contribution >= 0.6 is 11.6 Å². The Labute approximate surface area is 214 Å². The Bertz CT molecular complexity index is 1500. The zero-order valence-corrected chi connectivity index (χ0v) is 20.1. The van der Waals surface area contributed by atoms with Crippen molar-refractivity contribution in [3.8, 4) is 28.7 Å². The van der Waals surface area contributed by atoms with Gasteiger partial charge >= 0.3 is 12.0 Å². The van der Waals surface area contributed by atoms with Crippen LogP contribution in [0, 0.1) is 0 Å². The second-order valence-electron chi connectivity index (χ2n) is 7.28. The number of ether oxygens (including phenoxy) is 4. The largest absolute Gasteiger partial charge is 0.504 e. The number of primary sulfonamides is 1. The van der Waals surface area contributed by atoms with Crippen molar-refractivity contribution in [3.63, 3.8) is 0 Å². The summed E-state index contributed by atoms with van der Waals surface area (Å²) < 4.78 is 43.5. The number of aromatic carboxylic acids is 1. The van der Waals surface area contributed by atoms with Gasteiger partial charge in [-0.3, -0.25) is 0 Å². The van der Waals surface area contributed by atoms with Crippen LogP contribution in [0.3, 0.4) is 0 Å². The van der Waals surface area contributed by atoms with Crippen LogP contribution in [-0.2, 0) is 10.0 Å². The smallest absolute Gasteiger partial charge is 0.339 e. The maximum Gasteiger partial charge on any atom is 0.339 e. The lowest BCUT2D eigenvalue weighted by molar-refractivity contribution is 0.0692. The number of nitrogens with one attached hydrogen (secondary N) is 2. The number of phenolic OH excluding ortho intramolecular Hbond substituents is 1. The summed E-state index contributed by atoms with van der Waals surface area (Å²) in [6.07, 6.45) is 0. The van der Waals surface area contributed by atoms with Crippen LogP contribution < -0.4 is 34.7 Å². The number of phenols is 1. The number of carboxylic acid groups (broad SMARTS) is 1. The molecule has 0 radical (unpaired) electrons. The van der Waals surface area contributed by atoms with E-state index in [0.29, 0.717) is 28.7 Å². The first-order chi connectivity index (χ1) is 17.6. The Balaban J connectivity index is 0.000000222. The fraction of sp³-hybridized carbons (Fsp3) is 0.0909. The fourth-order valence-corrected chi connectivity index (χ4v) is 4.52. The molecule has 3 aromatic rings. The van der Waals surface area contributed by atoms with Crippen molar-refractivity contribution in [2.45, 2.75) is 4.90 Å². The summed E-state index contributed by atoms with van der Waals surface area (Å²) in [6.45, 7) is 0.130. The Morgan fingerprint density at radius 1 is 0.865 bits per heavy atom. The van der Waals surface area contributed by atoms with Crippen LogP contribution in [-0.4, -0.2) is 44.2 Å². The minimum atomic E-state index is -4.28. The lowest BCUT2D eigenvalue weighted by atomic mass is 10.2. The van der Waals surface area contributed by atoms with Crippen molar-refractivity contribution >= 4 is 45.0 Å². The van der Waals surface area contributed by atoms with Gasteiger partial charge in [0, 0.05) is 0 Å². The first-order valence-corrected chi connectivity index (χ1v) is 12.1. The van der Waals surface area contributed by atoms with E-state index in [1.54, 1.807) is 30.3 Å². The van der Waals surface area contributed by atoms with Crippen molar-refractivity contribution in [3.05, 3.63) is 59.1 Å². The van der Waals surface area contributed by atoms with E-state index in [1.807, 2.05) is 0 Å². The highest BCUT2D eigenvalue weighted by Crippen LogP contribution is 2.40. The van der Waals surface area contributed by atoms with Crippen LogP contribution in [0.5, 0.6) is 28.7 Å². The third kappa shape index (κ3) is 5.55. The summed E-state index contributed by atoms with van der Waals surface area (Å²) >= 11 is 5.74. The number of urea groups is 1. The highest BCUT2D eigenvalue weighted by Gasteiger charge is 2.24. The molecule has 13 nitrogen and oxygen atoms in total. The quantitative estimate of drug-likeness (QED) is 0.300. The number of halogens is 1. The van der Waals surface area contributed by atoms with E-state index in [1.165, 1.54) is 18.2 Å². The number of carboxylic acids is 1. The molecule has 0 aliphatic carbocycles. The van der Waals surface area contributed by atoms with Gasteiger partial charge in [-0.15, -0.1) is 0 Å². The number of rotatable bonds is 4. The van der Waals surface area contributed by atoms with Gasteiger partial charge < -0.3 is 39.8 Å². The normalized spacial score (nSPS) is 12.8. The van der Waals surface area contributed by atoms with E-state index in [0.717, 1.165) is 0 Å². The molecule has 3 aromatic carbocycles. The summed E-state index contributed by atoms with van der Waals surface area (Å²) in [5.41, 5.74) is 0.299. The Hall–Kier alpha value is -4.40. The van der Waals surface area contributed by atoms with Gasteiger partial charge in [-0.05, 0) is 36.4 Å². The number of sulfonamides is 1. The number of para-hydroxylation sites is 2. The van der Waals surface area contributed by atoms with Crippen LogP contribution in [0.1, 0.15) is 10.4 Å². The highest BCUT2D eigenvalue weighted by atomic mass is 35.5. The van der Waals surface area contributed by atoms with Crippen LogP contribution in [0.4, 0.5) is 16.2 Å². The monoisotopic (exact) mass is 551 g/mol. The van der Waals surface area contributed by atoms with E-state index >= 15 is 0 Å². The van der Waals surface area contributed by atoms with Crippen LogP contribution in [0.2, 0.25) is 5.02 Å². The minimum absolute atomic E-state index is 0.0331. The second kappa shape index (κ2) is 10.3. The number of fused-ring (bicyclic) bond motifs is 2. The first kappa shape index (κ1) is 25.7. The third-order valence-electron chi connectivity index (χ3n) is 4.89. The van der Waals surface area contributed by atoms with Crippen molar-refractivity contribution in [2.24, 2.45) is 5.14 Å². The second-order valence-corrected chi connectivity index (χ2v) is 9.19. The lowest BCUT2D eigenvalue weighted by Gasteiger charge is -2.13. The molecule has 0 saturated heterocycles. The molecule has 0 saturated carbocycles. The molecule has 2 heterocycles. The number of carbonyl (C=O) groups excluding carboxylic acids is 1. The van der Waals surface area contributed by atoms with Gasteiger partial charge in [0.1, 0.15) is 10.5 Å². The van der Waals surface area contributed by atoms with Gasteiger partial charge in [0.15, 0.2) is 28.7 Å². The van der Waals surface area contributed by atoms with Crippen molar-refractivity contribution in [1.29, 1.82) is 0 Å². The lowest BCUT2D eigenvalue weighted by Crippen LogP contribution is -2.20. The Morgan fingerprint density at radius 2 is 1.46 bits per heavy atom. The molecule has 0 aromatic heterocycles. The Morgan fingerprint density at radius 3 is 2.11 bits per heavy atom. The summed E-state index contributed by atoms with van der Waals surface area (Å²) in [4.78, 5) is 22.1. The topological polar surface area (TPSA) is 196 Å². The summed E-state index contributed by atoms with van der Waals surface area (Å²) in [6, 6.07) is 11.4. The van der Waals surface area contributed by atoms with E-state index in [2.05, 4.69) is 10.6 Å². The standard InChI is InChI=1S/C14H12ClN3O6S.C8H6O4/c15-7-4-5-8(11(19)13(7)25(16,21)22)17-14(20)18-9-2-1-3-10-12(9)24-6-23-10;9-8(10)5-2-1-3-6-7(5)12-4-11-6/h1-5,19H,6H2,(H2,16,21,22)(H2,17,18,20);1-3H,4H2,(H,9,10). The van der Waals surface area contributed by atoms with Gasteiger partial charge in [0.2, 0.25) is 23.6 Å². The van der Waals surface area contributed by atoms with E-state index in [9.17, 15) is 23.1 Å². The van der Waals surface area contributed by atoms with Gasteiger partial charge in [-0.1, -0.05) is 23.7 Å². The molecule has 6 N–H and O–H groups in total. The van der Waals surface area contributed by atoms with Crippen molar-refractivity contribution in [2.75, 3.05) is 24.2 Å². The van der Waals surface area contributed by atoms with E-state index < -0.39 is 32.7 Å². The third-order valence-corrected chi connectivity index (χ3v) is 6.30. The van der Waals surface area contributed by atoms with Gasteiger partial charge in [-0.25, -0.2) is 23.1 Å². The fourth-order valence-electron chi connectivity index (χ4n) is 3.32. The zero-order valence-electron chi connectivity index (χ0n) is 18.6. The highest BCUT2D eigenvalue weighted by molar-refractivity contribution is 7.89. The van der Waals surface area contributed by atoms with Gasteiger partial charge in [0.25, 0.3) is 0 Å². The molecule has 15 heteroatoms. The zero-order chi connectivity index (χ0) is 26.7. The number of carbonyl (C=O) groups is 2. The summed E-state index contributed by atoms with van der Waals surface area (Å²) in [5.74, 6) is -0.105. The molecular formula is C22H18ClN3O10S. The van der Waals surface area contributed by atoms with Gasteiger partial charge in [-0.2, -0.15) is 0 Å². The molecule has 0 unspecified atom stereocenters. The predicted molar refractivity (Wildman–Crippen MR) is 129 cm³/mol. The number of benzene rings is 3. The van der Waals surface area contributed by atoms with Crippen LogP contribution in [0.25, 0.3) is 0 Å². The molecule has 2 aliphatic rings. The van der Waals surface area contributed by atoms with Crippen LogP contribution in [0.15, 0.2) is 53.4 Å². The number of amides is 2. The van der Waals surface area contributed by atoms with E-state index in [4.69, 9.17) is 40.8 Å². The Kier molecular flexibility index (Phi) is 7.15. The van der Waals surface area contributed by atoms with E-state index in [-0.39, 0.29) is 29.9 Å². The number of hydrogen-bond donors (Lipinski definition) is 5. The number of hydrogen-bond acceptors (Lipinski definition) is 9. The summed E-state index contributed by atoms with van der Waals surface area (Å²) in [7, 11) is -4.28. The number of aromatic hydroxyl groups is 1. The first-order valence-electron chi connectivity index (χ1n) is 10.2. The molecule has 0 fully saturated rings. The van der Waals surface area contributed by atoms with Gasteiger partial charge in [0.05, 0.1) is 16.4 Å². The molecular weight excluding hydrogens is 534 g/mol. The van der Waals surface area contributed by atoms with Crippen molar-refractivity contribution < 1.29 is 47.2 Å². The number of anilines is 2. The summed E-state index contributed by atoms with van der Waals surface area (Å²) in [5, 5.41) is 28.3. The minimum Gasteiger partial charge on any atom is -0.504 e. The maximum atomic E-state index is 12.1. The molecule has 0 bridgehead atoms. The predicted octanol–water partition coefficient (Wildman–Crippen LogP) is 3.18. The van der Waals surface area contributed by atoms with Crippen molar-refractivity contribution in [1.82, 2.24) is 0 Å². The molecule has 5 rings (SSSR count).